The molecule has 2 aliphatic carbocycles. The second-order valence-electron chi connectivity index (χ2n) is 5.28. The predicted octanol–water partition coefficient (Wildman–Crippen LogP) is 4.87. The lowest BCUT2D eigenvalue weighted by Crippen LogP contribution is -2.17. The van der Waals surface area contributed by atoms with E-state index >= 15 is 0 Å². The van der Waals surface area contributed by atoms with Crippen LogP contribution < -0.4 is 0 Å². The fourth-order valence-electron chi connectivity index (χ4n) is 3.20. The Morgan fingerprint density at radius 3 is 2.60 bits per heavy atom. The smallest absolute Gasteiger partial charge is 0.0162 e. The fraction of sp³-hybridized carbons (Fsp3) is 0.733. The molecule has 0 nitrogen and oxygen atoms in total. The van der Waals surface area contributed by atoms with Crippen molar-refractivity contribution >= 4 is 0 Å². The van der Waals surface area contributed by atoms with Crippen LogP contribution >= 0.6 is 0 Å². The quantitative estimate of drug-likeness (QED) is 0.602. The van der Waals surface area contributed by atoms with Crippen LogP contribution in [0.15, 0.2) is 23.8 Å². The number of hydrogen-bond donors (Lipinski definition) is 0. The van der Waals surface area contributed by atoms with Crippen LogP contribution in [0.2, 0.25) is 0 Å². The molecule has 0 bridgehead atoms. The lowest BCUT2D eigenvalue weighted by molar-refractivity contribution is 0.295. The monoisotopic (exact) mass is 204 g/mol. The molecular formula is C15H24. The summed E-state index contributed by atoms with van der Waals surface area (Å²) in [6.07, 6.45) is 13.5. The van der Waals surface area contributed by atoms with Crippen molar-refractivity contribution in [1.82, 2.24) is 0 Å². The Morgan fingerprint density at radius 1 is 1.27 bits per heavy atom. The fourth-order valence-corrected chi connectivity index (χ4v) is 3.20. The molecule has 0 atom stereocenters. The molecule has 0 aromatic rings. The van der Waals surface area contributed by atoms with E-state index in [2.05, 4.69) is 19.6 Å². The number of rotatable bonds is 2. The molecule has 0 radical (unpaired) electrons. The molecule has 0 spiro atoms. The summed E-state index contributed by atoms with van der Waals surface area (Å²) < 4.78 is 0. The van der Waals surface area contributed by atoms with Gasteiger partial charge in [0.05, 0.1) is 0 Å². The summed E-state index contributed by atoms with van der Waals surface area (Å²) in [4.78, 5) is 0. The maximum absolute atomic E-state index is 4.24. The molecule has 0 aromatic carbocycles. The third-order valence-corrected chi connectivity index (χ3v) is 4.32. The summed E-state index contributed by atoms with van der Waals surface area (Å²) in [6.45, 7) is 6.58. The summed E-state index contributed by atoms with van der Waals surface area (Å²) in [5.74, 6) is 1.87. The summed E-state index contributed by atoms with van der Waals surface area (Å²) in [6, 6.07) is 0. The van der Waals surface area contributed by atoms with Crippen molar-refractivity contribution < 1.29 is 0 Å². The highest BCUT2D eigenvalue weighted by molar-refractivity contribution is 5.33. The van der Waals surface area contributed by atoms with E-state index < -0.39 is 0 Å². The average Bonchev–Trinajstić information content (AvgIpc) is 2.30. The van der Waals surface area contributed by atoms with Crippen molar-refractivity contribution in [3.8, 4) is 0 Å². The highest BCUT2D eigenvalue weighted by Crippen LogP contribution is 2.39. The van der Waals surface area contributed by atoms with E-state index in [9.17, 15) is 0 Å². The first-order valence-electron chi connectivity index (χ1n) is 6.69. The molecule has 0 aromatic heterocycles. The average molecular weight is 204 g/mol. The van der Waals surface area contributed by atoms with Gasteiger partial charge in [0.15, 0.2) is 0 Å². The maximum Gasteiger partial charge on any atom is -0.0162 e. The van der Waals surface area contributed by atoms with Crippen LogP contribution in [0, 0.1) is 11.8 Å². The first-order chi connectivity index (χ1) is 7.31. The van der Waals surface area contributed by atoms with E-state index in [1.165, 1.54) is 56.9 Å². The van der Waals surface area contributed by atoms with Gasteiger partial charge in [-0.25, -0.2) is 0 Å². The molecule has 15 heavy (non-hydrogen) atoms. The zero-order valence-corrected chi connectivity index (χ0v) is 10.1. The maximum atomic E-state index is 4.24. The van der Waals surface area contributed by atoms with E-state index in [0.29, 0.717) is 0 Å². The van der Waals surface area contributed by atoms with Gasteiger partial charge in [-0.2, -0.15) is 0 Å². The van der Waals surface area contributed by atoms with Gasteiger partial charge in [-0.05, 0) is 62.4 Å². The zero-order chi connectivity index (χ0) is 10.7. The Morgan fingerprint density at radius 2 is 2.00 bits per heavy atom. The summed E-state index contributed by atoms with van der Waals surface area (Å²) >= 11 is 0. The standard InChI is InChI=1S/C15H24/c1-3-13-8-10-14(11-9-13)15-7-5-4-6-12(15)2/h7,13-14H,2-6,8-11H2,1H3. The van der Waals surface area contributed by atoms with Crippen molar-refractivity contribution in [2.75, 3.05) is 0 Å². The lowest BCUT2D eigenvalue weighted by Gasteiger charge is -2.31. The van der Waals surface area contributed by atoms with Crippen LogP contribution in [0.1, 0.15) is 58.3 Å². The van der Waals surface area contributed by atoms with Crippen LogP contribution in [-0.2, 0) is 0 Å². The van der Waals surface area contributed by atoms with E-state index in [0.717, 1.165) is 11.8 Å². The number of allylic oxidation sites excluding steroid dienone is 3. The highest BCUT2D eigenvalue weighted by atomic mass is 14.3. The molecular weight excluding hydrogens is 180 g/mol. The van der Waals surface area contributed by atoms with Crippen molar-refractivity contribution in [3.05, 3.63) is 23.8 Å². The van der Waals surface area contributed by atoms with E-state index in [1.807, 2.05) is 0 Å². The Kier molecular flexibility index (Phi) is 3.66. The predicted molar refractivity (Wildman–Crippen MR) is 66.8 cm³/mol. The first kappa shape index (κ1) is 11.0. The minimum absolute atomic E-state index is 0.862. The van der Waals surface area contributed by atoms with Gasteiger partial charge in [0.2, 0.25) is 0 Å². The minimum atomic E-state index is 0.862. The second kappa shape index (κ2) is 5.01. The molecule has 84 valence electrons. The Balaban J connectivity index is 1.95. The van der Waals surface area contributed by atoms with Gasteiger partial charge < -0.3 is 0 Å². The van der Waals surface area contributed by atoms with Gasteiger partial charge in [-0.15, -0.1) is 0 Å². The molecule has 0 saturated heterocycles. The van der Waals surface area contributed by atoms with Crippen molar-refractivity contribution in [1.29, 1.82) is 0 Å². The molecule has 2 rings (SSSR count). The lowest BCUT2D eigenvalue weighted by atomic mass is 9.74. The second-order valence-corrected chi connectivity index (χ2v) is 5.28. The zero-order valence-electron chi connectivity index (χ0n) is 10.1. The van der Waals surface area contributed by atoms with E-state index in [-0.39, 0.29) is 0 Å². The van der Waals surface area contributed by atoms with E-state index in [4.69, 9.17) is 0 Å². The van der Waals surface area contributed by atoms with E-state index in [1.54, 1.807) is 5.57 Å². The highest BCUT2D eigenvalue weighted by Gasteiger charge is 2.24. The van der Waals surface area contributed by atoms with Crippen molar-refractivity contribution in [3.63, 3.8) is 0 Å². The molecule has 0 unspecified atom stereocenters. The molecule has 0 aliphatic heterocycles. The van der Waals surface area contributed by atoms with Gasteiger partial charge >= 0.3 is 0 Å². The van der Waals surface area contributed by atoms with Gasteiger partial charge in [0.1, 0.15) is 0 Å². The minimum Gasteiger partial charge on any atom is -0.0956 e. The molecule has 1 fully saturated rings. The van der Waals surface area contributed by atoms with Crippen molar-refractivity contribution in [2.45, 2.75) is 58.3 Å². The van der Waals surface area contributed by atoms with Crippen LogP contribution in [0.3, 0.4) is 0 Å². The normalized spacial score (nSPS) is 32.6. The van der Waals surface area contributed by atoms with Gasteiger partial charge in [0, 0.05) is 0 Å². The third kappa shape index (κ3) is 2.53. The van der Waals surface area contributed by atoms with Crippen LogP contribution in [-0.4, -0.2) is 0 Å². The Hall–Kier alpha value is -0.520. The molecule has 0 amide bonds. The summed E-state index contributed by atoms with van der Waals surface area (Å²) in [7, 11) is 0. The summed E-state index contributed by atoms with van der Waals surface area (Å²) in [5.41, 5.74) is 3.08. The van der Waals surface area contributed by atoms with Gasteiger partial charge in [-0.3, -0.25) is 0 Å². The summed E-state index contributed by atoms with van der Waals surface area (Å²) in [5, 5.41) is 0. The third-order valence-electron chi connectivity index (χ3n) is 4.32. The largest absolute Gasteiger partial charge is 0.0956 e. The molecule has 1 saturated carbocycles. The molecule has 0 heterocycles. The van der Waals surface area contributed by atoms with Crippen molar-refractivity contribution in [2.24, 2.45) is 11.8 Å². The van der Waals surface area contributed by atoms with Crippen LogP contribution in [0.5, 0.6) is 0 Å². The molecule has 2 aliphatic rings. The first-order valence-corrected chi connectivity index (χ1v) is 6.69. The SMILES string of the molecule is C=C1CCCC=C1C1CCC(CC)CC1. The van der Waals surface area contributed by atoms with Crippen LogP contribution in [0.25, 0.3) is 0 Å². The molecule has 0 N–H and O–H groups in total. The van der Waals surface area contributed by atoms with Crippen LogP contribution in [0.4, 0.5) is 0 Å². The number of hydrogen-bond acceptors (Lipinski definition) is 0. The van der Waals surface area contributed by atoms with Gasteiger partial charge in [-0.1, -0.05) is 31.6 Å². The topological polar surface area (TPSA) is 0 Å². The van der Waals surface area contributed by atoms with Gasteiger partial charge in [0.25, 0.3) is 0 Å². The Labute approximate surface area is 94.5 Å². The Bertz CT molecular complexity index is 251. The molecule has 0 heteroatoms.